The van der Waals surface area contributed by atoms with Gasteiger partial charge in [0.05, 0.1) is 17.2 Å². The molecule has 33 heavy (non-hydrogen) atoms. The number of aromatic nitrogens is 5. The molecule has 1 saturated heterocycles. The Kier molecular flexibility index (Phi) is 5.79. The van der Waals surface area contributed by atoms with Gasteiger partial charge in [0.25, 0.3) is 5.91 Å². The molecule has 1 N–H and O–H groups in total. The highest BCUT2D eigenvalue weighted by Crippen LogP contribution is 2.35. The highest BCUT2D eigenvalue weighted by molar-refractivity contribution is 6.01. The van der Waals surface area contributed by atoms with Crippen LogP contribution in [0.4, 0.5) is 13.2 Å². The Morgan fingerprint density at radius 1 is 1.09 bits per heavy atom. The number of H-pyrrole nitrogens is 1. The lowest BCUT2D eigenvalue weighted by molar-refractivity contribution is -0.183. The molecule has 10 heteroatoms. The zero-order valence-electron chi connectivity index (χ0n) is 19.1. The number of rotatable bonds is 3. The summed E-state index contributed by atoms with van der Waals surface area (Å²) in [5, 5.41) is 12.8. The first-order valence-electron chi connectivity index (χ1n) is 10.9. The van der Waals surface area contributed by atoms with Crippen LogP contribution in [0, 0.1) is 12.8 Å². The van der Waals surface area contributed by atoms with E-state index in [0.717, 1.165) is 5.56 Å². The van der Waals surface area contributed by atoms with Crippen molar-refractivity contribution in [1.29, 1.82) is 0 Å². The molecule has 0 unspecified atom stereocenters. The van der Waals surface area contributed by atoms with Gasteiger partial charge >= 0.3 is 6.18 Å². The van der Waals surface area contributed by atoms with E-state index in [2.05, 4.69) is 20.3 Å². The summed E-state index contributed by atoms with van der Waals surface area (Å²) in [5.74, 6) is -0.429. The Balaban J connectivity index is 1.70. The van der Waals surface area contributed by atoms with Gasteiger partial charge in [-0.25, -0.2) is 0 Å². The molecular formula is C23H27F3N6O. The summed E-state index contributed by atoms with van der Waals surface area (Å²) >= 11 is 0. The lowest BCUT2D eigenvalue weighted by Gasteiger charge is -2.33. The summed E-state index contributed by atoms with van der Waals surface area (Å²) in [6.07, 6.45) is -2.54. The highest BCUT2D eigenvalue weighted by atomic mass is 19.4. The van der Waals surface area contributed by atoms with Gasteiger partial charge in [-0.2, -0.15) is 18.3 Å². The molecule has 1 amide bonds. The third-order valence-electron chi connectivity index (χ3n) is 5.92. The smallest absolute Gasteiger partial charge is 0.339 e. The van der Waals surface area contributed by atoms with Gasteiger partial charge < -0.3 is 9.88 Å². The van der Waals surface area contributed by atoms with Crippen molar-refractivity contribution in [3.8, 4) is 22.6 Å². The van der Waals surface area contributed by atoms with Crippen LogP contribution in [0.3, 0.4) is 0 Å². The number of aromatic amines is 1. The van der Waals surface area contributed by atoms with Crippen molar-refractivity contribution >= 4 is 5.91 Å². The molecule has 0 aliphatic carbocycles. The number of carbonyl (C=O) groups is 1. The van der Waals surface area contributed by atoms with Crippen LogP contribution in [0.5, 0.6) is 0 Å². The molecule has 2 aromatic heterocycles. The molecule has 0 spiro atoms. The summed E-state index contributed by atoms with van der Waals surface area (Å²) in [5.41, 5.74) is 2.11. The normalized spacial score (nSPS) is 15.8. The second-order valence-electron chi connectivity index (χ2n) is 9.44. The zero-order valence-corrected chi connectivity index (χ0v) is 19.1. The summed E-state index contributed by atoms with van der Waals surface area (Å²) in [6, 6.07) is 7.12. The molecule has 4 rings (SSSR count). The molecule has 1 aliphatic heterocycles. The van der Waals surface area contributed by atoms with E-state index < -0.39 is 12.1 Å². The van der Waals surface area contributed by atoms with Crippen LogP contribution in [0.15, 0.2) is 30.5 Å². The Hall–Kier alpha value is -3.17. The average Bonchev–Trinajstić information content (AvgIpc) is 3.42. The quantitative estimate of drug-likeness (QED) is 0.608. The molecular weight excluding hydrogens is 433 g/mol. The Morgan fingerprint density at radius 3 is 2.33 bits per heavy atom. The highest BCUT2D eigenvalue weighted by Gasteiger charge is 2.42. The van der Waals surface area contributed by atoms with Crippen LogP contribution >= 0.6 is 0 Å². The number of aryl methyl sites for hydroxylation is 1. The topological polar surface area (TPSA) is 79.7 Å². The van der Waals surface area contributed by atoms with Crippen molar-refractivity contribution in [3.63, 3.8) is 0 Å². The maximum Gasteiger partial charge on any atom is 0.391 e. The van der Waals surface area contributed by atoms with Gasteiger partial charge in [0, 0.05) is 36.0 Å². The van der Waals surface area contributed by atoms with Crippen molar-refractivity contribution < 1.29 is 18.0 Å². The van der Waals surface area contributed by atoms with E-state index in [-0.39, 0.29) is 37.4 Å². The molecule has 3 heterocycles. The van der Waals surface area contributed by atoms with E-state index in [1.54, 1.807) is 19.1 Å². The Labute approximate surface area is 190 Å². The van der Waals surface area contributed by atoms with Gasteiger partial charge in [0.1, 0.15) is 5.82 Å². The average molecular weight is 461 g/mol. The van der Waals surface area contributed by atoms with Crippen LogP contribution in [0.1, 0.15) is 49.8 Å². The van der Waals surface area contributed by atoms with Gasteiger partial charge in [-0.15, -0.1) is 10.2 Å². The maximum atomic E-state index is 13.4. The van der Waals surface area contributed by atoms with Crippen LogP contribution < -0.4 is 0 Å². The fourth-order valence-corrected chi connectivity index (χ4v) is 3.99. The summed E-state index contributed by atoms with van der Waals surface area (Å²) < 4.78 is 41.0. The first kappa shape index (κ1) is 23.0. The summed E-state index contributed by atoms with van der Waals surface area (Å²) in [6.45, 7) is 8.01. The van der Waals surface area contributed by atoms with E-state index in [4.69, 9.17) is 0 Å². The zero-order chi connectivity index (χ0) is 24.0. The van der Waals surface area contributed by atoms with E-state index in [0.29, 0.717) is 28.5 Å². The number of carbonyl (C=O) groups excluding carboxylic acids is 1. The van der Waals surface area contributed by atoms with E-state index in [1.807, 2.05) is 43.8 Å². The van der Waals surface area contributed by atoms with Crippen LogP contribution in [0.2, 0.25) is 0 Å². The number of piperidine rings is 1. The number of nitrogens with one attached hydrogen (secondary N) is 1. The number of likely N-dealkylation sites (tertiary alicyclic amines) is 1. The molecule has 0 radical (unpaired) electrons. The fraction of sp³-hybridized carbons (Fsp3) is 0.478. The van der Waals surface area contributed by atoms with Crippen molar-refractivity contribution in [1.82, 2.24) is 29.9 Å². The minimum atomic E-state index is -4.23. The first-order valence-corrected chi connectivity index (χ1v) is 10.9. The lowest BCUT2D eigenvalue weighted by Crippen LogP contribution is -2.42. The van der Waals surface area contributed by atoms with Crippen LogP contribution in [0.25, 0.3) is 22.6 Å². The van der Waals surface area contributed by atoms with Crippen LogP contribution in [-0.4, -0.2) is 55.0 Å². The van der Waals surface area contributed by atoms with E-state index in [9.17, 15) is 18.0 Å². The largest absolute Gasteiger partial charge is 0.391 e. The predicted octanol–water partition coefficient (Wildman–Crippen LogP) is 4.81. The van der Waals surface area contributed by atoms with Gasteiger partial charge in [-0.1, -0.05) is 6.07 Å². The number of halogens is 3. The number of hydrogen-bond acceptors (Lipinski definition) is 4. The number of hydrogen-bond donors (Lipinski definition) is 1. The molecule has 0 atom stereocenters. The summed E-state index contributed by atoms with van der Waals surface area (Å²) in [4.78, 5) is 18.0. The third kappa shape index (κ3) is 4.79. The summed E-state index contributed by atoms with van der Waals surface area (Å²) in [7, 11) is 0. The molecule has 176 valence electrons. The Morgan fingerprint density at radius 2 is 1.79 bits per heavy atom. The molecule has 1 aliphatic rings. The van der Waals surface area contributed by atoms with E-state index in [1.165, 1.54) is 4.90 Å². The van der Waals surface area contributed by atoms with E-state index >= 15 is 0 Å². The monoisotopic (exact) mass is 460 g/mol. The molecule has 7 nitrogen and oxygen atoms in total. The number of nitrogens with zero attached hydrogens (tertiary/aromatic N) is 5. The molecule has 1 fully saturated rings. The predicted molar refractivity (Wildman–Crippen MR) is 117 cm³/mol. The lowest BCUT2D eigenvalue weighted by atomic mass is 9.94. The van der Waals surface area contributed by atoms with Crippen molar-refractivity contribution in [2.75, 3.05) is 13.1 Å². The molecule has 3 aromatic rings. The second-order valence-corrected chi connectivity index (χ2v) is 9.44. The van der Waals surface area contributed by atoms with Gasteiger partial charge in [-0.3, -0.25) is 9.48 Å². The van der Waals surface area contributed by atoms with Gasteiger partial charge in [-0.05, 0) is 58.7 Å². The van der Waals surface area contributed by atoms with Crippen LogP contribution in [-0.2, 0) is 5.54 Å². The van der Waals surface area contributed by atoms with Gasteiger partial charge in [0.2, 0.25) is 0 Å². The van der Waals surface area contributed by atoms with Crippen molar-refractivity contribution in [2.24, 2.45) is 5.92 Å². The fourth-order valence-electron chi connectivity index (χ4n) is 3.99. The molecule has 0 saturated carbocycles. The maximum absolute atomic E-state index is 13.4. The minimum Gasteiger partial charge on any atom is -0.339 e. The molecule has 0 bridgehead atoms. The van der Waals surface area contributed by atoms with Crippen molar-refractivity contribution in [2.45, 2.75) is 52.3 Å². The Bertz CT molecular complexity index is 1150. The van der Waals surface area contributed by atoms with Crippen molar-refractivity contribution in [3.05, 3.63) is 41.9 Å². The second kappa shape index (κ2) is 8.31. The third-order valence-corrected chi connectivity index (χ3v) is 5.92. The standard InChI is InChI=1S/C23H27F3N6O/c1-14-27-20(29-28-14)15-5-6-17(18(13-15)19-9-12-32(30-19)22(2,3)4)21(33)31-10-7-16(8-11-31)23(24,25)26/h5-6,9,12-13,16H,7-8,10-11H2,1-4H3,(H,27,28,29). The number of amides is 1. The first-order chi connectivity index (χ1) is 15.4. The van der Waals surface area contributed by atoms with Gasteiger partial charge in [0.15, 0.2) is 5.82 Å². The SMILES string of the molecule is Cc1nnc(-c2ccc(C(=O)N3CCC(C(F)(F)F)CC3)c(-c3ccn(C(C)(C)C)n3)c2)[nH]1. The number of alkyl halides is 3. The number of benzene rings is 1. The minimum absolute atomic E-state index is 0.0714. The molecule has 1 aromatic carbocycles.